The van der Waals surface area contributed by atoms with Crippen LogP contribution in [0.1, 0.15) is 0 Å². The van der Waals surface area contributed by atoms with Gasteiger partial charge < -0.3 is 0 Å². The molecule has 0 atom stereocenters. The van der Waals surface area contributed by atoms with Crippen molar-refractivity contribution in [3.63, 3.8) is 0 Å². The standard InChI is InChI=1S/C15H15NO2/c1-2-4-6-8-10-12-14-16-18-17-15-13-11-9-7-5-3-1/h1-15H/b3-1?,4-2?,7-5-,8-6+,11-9-,12-10+,15-13+,16-14-. The van der Waals surface area contributed by atoms with Crippen molar-refractivity contribution < 1.29 is 9.88 Å². The highest BCUT2D eigenvalue weighted by Gasteiger charge is 1.72. The molecule has 1 heterocycles. The van der Waals surface area contributed by atoms with Gasteiger partial charge in [-0.25, -0.2) is 0 Å². The van der Waals surface area contributed by atoms with Gasteiger partial charge in [0.05, 0.1) is 6.21 Å². The van der Waals surface area contributed by atoms with E-state index in [0.717, 1.165) is 0 Å². The van der Waals surface area contributed by atoms with E-state index in [4.69, 9.17) is 0 Å². The number of hydrogen-bond acceptors (Lipinski definition) is 3. The van der Waals surface area contributed by atoms with E-state index in [0.29, 0.717) is 0 Å². The summed E-state index contributed by atoms with van der Waals surface area (Å²) >= 11 is 0. The van der Waals surface area contributed by atoms with Gasteiger partial charge in [-0.15, -0.1) is 0 Å². The van der Waals surface area contributed by atoms with E-state index in [9.17, 15) is 0 Å². The fourth-order valence-corrected chi connectivity index (χ4v) is 0.942. The predicted octanol–water partition coefficient (Wildman–Crippen LogP) is 3.78. The van der Waals surface area contributed by atoms with Gasteiger partial charge in [0.2, 0.25) is 0 Å². The van der Waals surface area contributed by atoms with Crippen LogP contribution in [0.2, 0.25) is 0 Å². The summed E-state index contributed by atoms with van der Waals surface area (Å²) < 4.78 is 0. The second-order valence-corrected chi connectivity index (χ2v) is 3.06. The first-order valence-electron chi connectivity index (χ1n) is 5.51. The topological polar surface area (TPSA) is 30.8 Å². The van der Waals surface area contributed by atoms with Crippen LogP contribution in [0, 0.1) is 0 Å². The van der Waals surface area contributed by atoms with Crippen LogP contribution in [0.15, 0.2) is 90.4 Å². The lowest BCUT2D eigenvalue weighted by Crippen LogP contribution is -1.77. The second kappa shape index (κ2) is 11.0. The molecular weight excluding hydrogens is 226 g/mol. The monoisotopic (exact) mass is 241 g/mol. The Bertz CT molecular complexity index is 393. The largest absolute Gasteiger partial charge is 0.276 e. The Kier molecular flexibility index (Phi) is 8.22. The van der Waals surface area contributed by atoms with Crippen LogP contribution in [0.5, 0.6) is 0 Å². The van der Waals surface area contributed by atoms with Crippen molar-refractivity contribution in [3.8, 4) is 0 Å². The van der Waals surface area contributed by atoms with Crippen molar-refractivity contribution in [3.05, 3.63) is 85.3 Å². The van der Waals surface area contributed by atoms with E-state index in [-0.39, 0.29) is 0 Å². The lowest BCUT2D eigenvalue weighted by atomic mass is 10.3. The van der Waals surface area contributed by atoms with Gasteiger partial charge in [0, 0.05) is 0 Å². The van der Waals surface area contributed by atoms with Crippen LogP contribution in [-0.2, 0) is 9.88 Å². The predicted molar refractivity (Wildman–Crippen MR) is 74.6 cm³/mol. The van der Waals surface area contributed by atoms with Gasteiger partial charge in [0.25, 0.3) is 0 Å². The van der Waals surface area contributed by atoms with Crippen LogP contribution in [0.25, 0.3) is 0 Å². The molecule has 0 radical (unpaired) electrons. The third-order valence-electron chi connectivity index (χ3n) is 1.70. The number of rotatable bonds is 0. The Morgan fingerprint density at radius 1 is 0.500 bits per heavy atom. The lowest BCUT2D eigenvalue weighted by Gasteiger charge is -1.88. The summed E-state index contributed by atoms with van der Waals surface area (Å²) in [7, 11) is 0. The first-order chi connectivity index (χ1) is 9.00. The van der Waals surface area contributed by atoms with E-state index >= 15 is 0 Å². The Morgan fingerprint density at radius 2 is 0.944 bits per heavy atom. The molecule has 0 saturated carbocycles. The quantitative estimate of drug-likeness (QED) is 0.604. The van der Waals surface area contributed by atoms with Crippen molar-refractivity contribution in [1.29, 1.82) is 0 Å². The number of oxime groups is 1. The smallest absolute Gasteiger partial charge is 0.145 e. The molecule has 0 bridgehead atoms. The molecule has 0 N–H and O–H groups in total. The summed E-state index contributed by atoms with van der Waals surface area (Å²) in [6.07, 6.45) is 27.3. The number of allylic oxidation sites excluding steroid dienone is 13. The fourth-order valence-electron chi connectivity index (χ4n) is 0.942. The Balaban J connectivity index is 2.58. The molecular formula is C15H15NO2. The van der Waals surface area contributed by atoms with Gasteiger partial charge in [-0.3, -0.25) is 4.89 Å². The molecule has 0 spiro atoms. The first-order valence-corrected chi connectivity index (χ1v) is 5.51. The van der Waals surface area contributed by atoms with Crippen molar-refractivity contribution in [2.24, 2.45) is 5.16 Å². The van der Waals surface area contributed by atoms with E-state index in [1.807, 2.05) is 66.8 Å². The highest BCUT2D eigenvalue weighted by molar-refractivity contribution is 5.70. The maximum absolute atomic E-state index is 4.65. The van der Waals surface area contributed by atoms with Crippen LogP contribution in [0.3, 0.4) is 0 Å². The zero-order valence-corrected chi connectivity index (χ0v) is 9.92. The van der Waals surface area contributed by atoms with Crippen molar-refractivity contribution in [1.82, 2.24) is 0 Å². The SMILES string of the molecule is C1=C\C=C/C=C\C=C\OO\N=C/C=C/C=C/C=C1. The molecule has 0 aromatic rings. The van der Waals surface area contributed by atoms with Crippen molar-refractivity contribution >= 4 is 6.21 Å². The van der Waals surface area contributed by atoms with Crippen LogP contribution in [-0.4, -0.2) is 6.21 Å². The van der Waals surface area contributed by atoms with Crippen LogP contribution >= 0.6 is 0 Å². The maximum atomic E-state index is 4.65. The van der Waals surface area contributed by atoms with Gasteiger partial charge in [0.1, 0.15) is 6.26 Å². The summed E-state index contributed by atoms with van der Waals surface area (Å²) in [6, 6.07) is 0. The molecule has 1 rings (SSSR count). The molecule has 18 heavy (non-hydrogen) atoms. The minimum Gasteiger partial charge on any atom is -0.276 e. The minimum atomic E-state index is 1.40. The third-order valence-corrected chi connectivity index (χ3v) is 1.70. The van der Waals surface area contributed by atoms with E-state index in [2.05, 4.69) is 15.0 Å². The van der Waals surface area contributed by atoms with E-state index < -0.39 is 0 Å². The Labute approximate surface area is 107 Å². The molecule has 92 valence electrons. The lowest BCUT2D eigenvalue weighted by molar-refractivity contribution is -0.248. The molecule has 0 fully saturated rings. The summed E-state index contributed by atoms with van der Waals surface area (Å²) in [4.78, 5) is 9.16. The number of hydrogen-bond donors (Lipinski definition) is 0. The minimum absolute atomic E-state index is 1.40. The van der Waals surface area contributed by atoms with Crippen molar-refractivity contribution in [2.45, 2.75) is 0 Å². The molecule has 0 aromatic carbocycles. The average molecular weight is 241 g/mol. The number of nitrogens with zero attached hydrogens (tertiary/aromatic N) is 1. The molecule has 0 amide bonds. The Morgan fingerprint density at radius 3 is 1.50 bits per heavy atom. The van der Waals surface area contributed by atoms with Crippen LogP contribution < -0.4 is 0 Å². The zero-order valence-electron chi connectivity index (χ0n) is 9.92. The van der Waals surface area contributed by atoms with Gasteiger partial charge in [-0.1, -0.05) is 66.8 Å². The first kappa shape index (κ1) is 13.5. The molecule has 3 heteroatoms. The van der Waals surface area contributed by atoms with Crippen LogP contribution in [0.4, 0.5) is 0 Å². The summed E-state index contributed by atoms with van der Waals surface area (Å²) in [5, 5.41) is 3.55. The van der Waals surface area contributed by atoms with Gasteiger partial charge in [-0.2, -0.15) is 4.99 Å². The highest BCUT2D eigenvalue weighted by Crippen LogP contribution is 1.87. The van der Waals surface area contributed by atoms with Gasteiger partial charge in [0.15, 0.2) is 0 Å². The van der Waals surface area contributed by atoms with Crippen molar-refractivity contribution in [2.75, 3.05) is 0 Å². The molecule has 0 unspecified atom stereocenters. The molecule has 1 aliphatic rings. The average Bonchev–Trinajstić information content (AvgIpc) is 2.39. The zero-order chi connectivity index (χ0) is 12.7. The summed E-state index contributed by atoms with van der Waals surface area (Å²) in [5.41, 5.74) is 0. The molecule has 0 aromatic heterocycles. The summed E-state index contributed by atoms with van der Waals surface area (Å²) in [5.74, 6) is 0. The van der Waals surface area contributed by atoms with E-state index in [1.54, 1.807) is 12.2 Å². The van der Waals surface area contributed by atoms with Gasteiger partial charge in [-0.05, 0) is 17.3 Å². The molecule has 1 aliphatic heterocycles. The molecule has 0 saturated heterocycles. The van der Waals surface area contributed by atoms with Gasteiger partial charge >= 0.3 is 0 Å². The highest BCUT2D eigenvalue weighted by atomic mass is 17.3. The normalized spacial score (nSPS) is 26.7. The second-order valence-electron chi connectivity index (χ2n) is 3.06. The fraction of sp³-hybridized carbons (Fsp3) is 0. The van der Waals surface area contributed by atoms with E-state index in [1.165, 1.54) is 12.5 Å². The maximum Gasteiger partial charge on any atom is 0.145 e. The Hall–Kier alpha value is -2.55. The molecule has 3 nitrogen and oxygen atoms in total. The third kappa shape index (κ3) is 8.73. The molecule has 0 aliphatic carbocycles. The summed E-state index contributed by atoms with van der Waals surface area (Å²) in [6.45, 7) is 0.